The van der Waals surface area contributed by atoms with Crippen LogP contribution in [0.1, 0.15) is 28.8 Å². The van der Waals surface area contributed by atoms with Gasteiger partial charge in [0.15, 0.2) is 5.78 Å². The molecule has 110 valence electrons. The lowest BCUT2D eigenvalue weighted by molar-refractivity contribution is 0.0915. The highest BCUT2D eigenvalue weighted by atomic mass is 32.1. The molecule has 2 aromatic rings. The van der Waals surface area contributed by atoms with Crippen molar-refractivity contribution in [3.05, 3.63) is 57.8 Å². The summed E-state index contributed by atoms with van der Waals surface area (Å²) in [7, 11) is 0. The lowest BCUT2D eigenvalue weighted by Gasteiger charge is -2.20. The van der Waals surface area contributed by atoms with Crippen molar-refractivity contribution >= 4 is 17.1 Å². The van der Waals surface area contributed by atoms with E-state index in [2.05, 4.69) is 10.3 Å². The van der Waals surface area contributed by atoms with E-state index in [-0.39, 0.29) is 17.9 Å². The molecule has 1 heterocycles. The van der Waals surface area contributed by atoms with E-state index in [1.165, 1.54) is 11.6 Å². The first-order chi connectivity index (χ1) is 10.1. The van der Waals surface area contributed by atoms with Crippen molar-refractivity contribution in [1.82, 2.24) is 4.90 Å². The Labute approximate surface area is 126 Å². The van der Waals surface area contributed by atoms with E-state index in [0.717, 1.165) is 25.0 Å². The molecule has 1 aliphatic rings. The van der Waals surface area contributed by atoms with Gasteiger partial charge in [0.25, 0.3) is 0 Å². The summed E-state index contributed by atoms with van der Waals surface area (Å²) < 4.78 is 26.6. The predicted octanol–water partition coefficient (Wildman–Crippen LogP) is 3.87. The van der Waals surface area contributed by atoms with Crippen LogP contribution in [0.3, 0.4) is 0 Å². The molecule has 1 aliphatic carbocycles. The van der Waals surface area contributed by atoms with Crippen LogP contribution in [0, 0.1) is 11.6 Å². The summed E-state index contributed by atoms with van der Waals surface area (Å²) >= 11 is 1.62. The van der Waals surface area contributed by atoms with E-state index >= 15 is 0 Å². The second-order valence-corrected chi connectivity index (χ2v) is 6.10. The molecule has 0 N–H and O–H groups in total. The van der Waals surface area contributed by atoms with Gasteiger partial charge in [-0.3, -0.25) is 9.69 Å². The summed E-state index contributed by atoms with van der Waals surface area (Å²) in [5, 5.41) is 4.06. The maximum absolute atomic E-state index is 13.7. The van der Waals surface area contributed by atoms with E-state index in [9.17, 15) is 13.6 Å². The van der Waals surface area contributed by atoms with Gasteiger partial charge in [0.2, 0.25) is 0 Å². The fourth-order valence-corrected chi connectivity index (χ4v) is 3.02. The molecular formula is C16H15F2NOS. The van der Waals surface area contributed by atoms with Crippen LogP contribution in [-0.2, 0) is 6.54 Å². The Hall–Kier alpha value is -1.59. The summed E-state index contributed by atoms with van der Waals surface area (Å²) in [6, 6.07) is 5.54. The molecule has 3 rings (SSSR count). The molecule has 0 radical (unpaired) electrons. The van der Waals surface area contributed by atoms with Gasteiger partial charge in [-0.15, -0.1) is 0 Å². The van der Waals surface area contributed by atoms with Crippen molar-refractivity contribution in [1.29, 1.82) is 0 Å². The minimum atomic E-state index is -0.786. The highest BCUT2D eigenvalue weighted by Gasteiger charge is 2.31. The number of ketones is 1. The van der Waals surface area contributed by atoms with Gasteiger partial charge >= 0.3 is 0 Å². The van der Waals surface area contributed by atoms with Crippen molar-refractivity contribution in [3.8, 4) is 0 Å². The molecule has 0 saturated heterocycles. The Morgan fingerprint density at radius 1 is 1.29 bits per heavy atom. The predicted molar refractivity (Wildman–Crippen MR) is 78.4 cm³/mol. The number of carbonyl (C=O) groups excluding carboxylic acids is 1. The van der Waals surface area contributed by atoms with E-state index in [1.807, 2.05) is 11.4 Å². The number of nitrogens with zero attached hydrogens (tertiary/aromatic N) is 1. The van der Waals surface area contributed by atoms with Crippen LogP contribution in [0.4, 0.5) is 8.78 Å². The Balaban J connectivity index is 1.71. The quantitative estimate of drug-likeness (QED) is 0.755. The smallest absolute Gasteiger partial charge is 0.179 e. The minimum absolute atomic E-state index is 0.0348. The van der Waals surface area contributed by atoms with Gasteiger partial charge in [-0.05, 0) is 47.4 Å². The summed E-state index contributed by atoms with van der Waals surface area (Å²) in [6.45, 7) is 0.867. The highest BCUT2D eigenvalue weighted by molar-refractivity contribution is 7.07. The minimum Gasteiger partial charge on any atom is -0.293 e. The van der Waals surface area contributed by atoms with Crippen molar-refractivity contribution in [2.45, 2.75) is 25.4 Å². The van der Waals surface area contributed by atoms with E-state index in [0.29, 0.717) is 12.6 Å². The van der Waals surface area contributed by atoms with Gasteiger partial charge in [0.1, 0.15) is 11.6 Å². The molecule has 0 amide bonds. The monoisotopic (exact) mass is 307 g/mol. The third-order valence-electron chi connectivity index (χ3n) is 3.61. The molecule has 0 spiro atoms. The Bertz CT molecular complexity index is 638. The molecule has 1 fully saturated rings. The molecule has 0 atom stereocenters. The Kier molecular flexibility index (Phi) is 4.12. The van der Waals surface area contributed by atoms with Crippen LogP contribution in [0.2, 0.25) is 0 Å². The number of rotatable bonds is 6. The molecule has 0 aliphatic heterocycles. The number of thiophene rings is 1. The third-order valence-corrected chi connectivity index (χ3v) is 4.34. The SMILES string of the molecule is O=C(CN(Cc1ccsc1)C1CC1)c1ccc(F)cc1F. The number of carbonyl (C=O) groups is 1. The topological polar surface area (TPSA) is 20.3 Å². The molecule has 21 heavy (non-hydrogen) atoms. The molecule has 0 bridgehead atoms. The van der Waals surface area contributed by atoms with Crippen LogP contribution in [-0.4, -0.2) is 23.3 Å². The van der Waals surface area contributed by atoms with Gasteiger partial charge in [-0.2, -0.15) is 11.3 Å². The van der Waals surface area contributed by atoms with Crippen molar-refractivity contribution in [2.24, 2.45) is 0 Å². The summed E-state index contributed by atoms with van der Waals surface area (Å²) in [6.07, 6.45) is 2.15. The van der Waals surface area contributed by atoms with Gasteiger partial charge in [0, 0.05) is 18.7 Å². The summed E-state index contributed by atoms with van der Waals surface area (Å²) in [5.41, 5.74) is 1.13. The second kappa shape index (κ2) is 6.03. The van der Waals surface area contributed by atoms with E-state index in [1.54, 1.807) is 11.3 Å². The second-order valence-electron chi connectivity index (χ2n) is 5.32. The maximum atomic E-state index is 13.7. The third kappa shape index (κ3) is 3.54. The number of halogens is 2. The largest absolute Gasteiger partial charge is 0.293 e. The molecule has 5 heteroatoms. The van der Waals surface area contributed by atoms with Gasteiger partial charge in [0.05, 0.1) is 12.1 Å². The molecular weight excluding hydrogens is 292 g/mol. The maximum Gasteiger partial charge on any atom is 0.179 e. The van der Waals surface area contributed by atoms with Crippen LogP contribution < -0.4 is 0 Å². The highest BCUT2D eigenvalue weighted by Crippen LogP contribution is 2.29. The normalized spacial score (nSPS) is 14.6. The van der Waals surface area contributed by atoms with Crippen LogP contribution in [0.15, 0.2) is 35.0 Å². The lowest BCUT2D eigenvalue weighted by Crippen LogP contribution is -2.31. The number of benzene rings is 1. The van der Waals surface area contributed by atoms with E-state index in [4.69, 9.17) is 0 Å². The summed E-state index contributed by atoms with van der Waals surface area (Å²) in [4.78, 5) is 14.3. The van der Waals surface area contributed by atoms with Crippen molar-refractivity contribution in [2.75, 3.05) is 6.54 Å². The molecule has 2 nitrogen and oxygen atoms in total. The fraction of sp³-hybridized carbons (Fsp3) is 0.312. The summed E-state index contributed by atoms with van der Waals surface area (Å²) in [5.74, 6) is -1.75. The Morgan fingerprint density at radius 2 is 2.10 bits per heavy atom. The fourth-order valence-electron chi connectivity index (χ4n) is 2.36. The molecule has 0 unspecified atom stereocenters. The first-order valence-electron chi connectivity index (χ1n) is 6.87. The van der Waals surface area contributed by atoms with Gasteiger partial charge < -0.3 is 0 Å². The van der Waals surface area contributed by atoms with Crippen LogP contribution in [0.25, 0.3) is 0 Å². The van der Waals surface area contributed by atoms with Gasteiger partial charge in [-0.25, -0.2) is 8.78 Å². The average Bonchev–Trinajstić information content (AvgIpc) is 3.16. The average molecular weight is 307 g/mol. The molecule has 1 saturated carbocycles. The standard InChI is InChI=1S/C16H15F2NOS/c17-12-1-4-14(15(18)7-12)16(20)9-19(13-2-3-13)8-11-5-6-21-10-11/h1,4-7,10,13H,2-3,8-9H2. The van der Waals surface area contributed by atoms with Crippen LogP contribution >= 0.6 is 11.3 Å². The molecule has 1 aromatic carbocycles. The first-order valence-corrected chi connectivity index (χ1v) is 7.81. The molecule has 1 aromatic heterocycles. The van der Waals surface area contributed by atoms with E-state index < -0.39 is 11.6 Å². The number of hydrogen-bond donors (Lipinski definition) is 0. The van der Waals surface area contributed by atoms with Gasteiger partial charge in [-0.1, -0.05) is 0 Å². The zero-order valence-corrected chi connectivity index (χ0v) is 12.2. The number of Topliss-reactive ketones (excluding diaryl/α,β-unsaturated/α-hetero) is 1. The lowest BCUT2D eigenvalue weighted by atomic mass is 10.1. The Morgan fingerprint density at radius 3 is 2.71 bits per heavy atom. The van der Waals surface area contributed by atoms with Crippen molar-refractivity contribution < 1.29 is 13.6 Å². The zero-order chi connectivity index (χ0) is 14.8. The zero-order valence-electron chi connectivity index (χ0n) is 11.4. The van der Waals surface area contributed by atoms with Crippen molar-refractivity contribution in [3.63, 3.8) is 0 Å². The number of hydrogen-bond acceptors (Lipinski definition) is 3. The first kappa shape index (κ1) is 14.4. The van der Waals surface area contributed by atoms with Crippen LogP contribution in [0.5, 0.6) is 0 Å².